The van der Waals surface area contributed by atoms with Gasteiger partial charge in [-0.25, -0.2) is 0 Å². The SMILES string of the molecule is CCc1ccc(NC(=O)[C@@H]2CC(=O)N(c3cccc([N+](=O)[O-])c3)C2)cc1. The van der Waals surface area contributed by atoms with Crippen LogP contribution in [0.25, 0.3) is 0 Å². The van der Waals surface area contributed by atoms with Crippen molar-refractivity contribution in [3.63, 3.8) is 0 Å². The van der Waals surface area contributed by atoms with Crippen LogP contribution in [0.1, 0.15) is 18.9 Å². The van der Waals surface area contributed by atoms with E-state index in [1.807, 2.05) is 24.3 Å². The Morgan fingerprint density at radius 1 is 1.27 bits per heavy atom. The van der Waals surface area contributed by atoms with Crippen LogP contribution >= 0.6 is 0 Å². The standard InChI is InChI=1S/C19H19N3O4/c1-2-13-6-8-15(9-7-13)20-19(24)14-10-18(23)21(12-14)16-4-3-5-17(11-16)22(25)26/h3-9,11,14H,2,10,12H2,1H3,(H,20,24)/t14-/m1/s1. The largest absolute Gasteiger partial charge is 0.326 e. The molecule has 0 spiro atoms. The average Bonchev–Trinajstić information content (AvgIpc) is 3.04. The summed E-state index contributed by atoms with van der Waals surface area (Å²) < 4.78 is 0. The lowest BCUT2D eigenvalue weighted by atomic mass is 10.1. The van der Waals surface area contributed by atoms with Crippen molar-refractivity contribution in [2.75, 3.05) is 16.8 Å². The molecular weight excluding hydrogens is 334 g/mol. The molecule has 0 aliphatic carbocycles. The predicted molar refractivity (Wildman–Crippen MR) is 98.0 cm³/mol. The van der Waals surface area contributed by atoms with Crippen LogP contribution in [0, 0.1) is 16.0 Å². The lowest BCUT2D eigenvalue weighted by molar-refractivity contribution is -0.384. The van der Waals surface area contributed by atoms with Gasteiger partial charge in [-0.05, 0) is 30.2 Å². The van der Waals surface area contributed by atoms with Gasteiger partial charge in [0.1, 0.15) is 0 Å². The van der Waals surface area contributed by atoms with E-state index < -0.39 is 10.8 Å². The molecule has 1 atom stereocenters. The van der Waals surface area contributed by atoms with Crippen molar-refractivity contribution in [2.45, 2.75) is 19.8 Å². The number of aryl methyl sites for hydroxylation is 1. The van der Waals surface area contributed by atoms with Crippen LogP contribution in [0.15, 0.2) is 48.5 Å². The van der Waals surface area contributed by atoms with Crippen molar-refractivity contribution >= 4 is 28.9 Å². The molecule has 1 aliphatic rings. The van der Waals surface area contributed by atoms with Gasteiger partial charge in [0.25, 0.3) is 5.69 Å². The molecule has 0 saturated carbocycles. The molecule has 2 amide bonds. The van der Waals surface area contributed by atoms with Gasteiger partial charge in [0, 0.05) is 30.8 Å². The minimum Gasteiger partial charge on any atom is -0.326 e. The summed E-state index contributed by atoms with van der Waals surface area (Å²) in [6.45, 7) is 2.26. The van der Waals surface area contributed by atoms with Gasteiger partial charge < -0.3 is 10.2 Å². The number of hydrogen-bond donors (Lipinski definition) is 1. The fourth-order valence-corrected chi connectivity index (χ4v) is 2.98. The zero-order valence-electron chi connectivity index (χ0n) is 14.3. The molecule has 0 unspecified atom stereocenters. The van der Waals surface area contributed by atoms with E-state index >= 15 is 0 Å². The maximum atomic E-state index is 12.5. The number of nitro benzene ring substituents is 1. The number of hydrogen-bond acceptors (Lipinski definition) is 4. The Kier molecular flexibility index (Phi) is 4.97. The van der Waals surface area contributed by atoms with Crippen LogP contribution in [0.2, 0.25) is 0 Å². The number of anilines is 2. The number of amides is 2. The summed E-state index contributed by atoms with van der Waals surface area (Å²) in [5.41, 5.74) is 2.22. The normalized spacial score (nSPS) is 16.6. The number of non-ortho nitro benzene ring substituents is 1. The molecule has 7 nitrogen and oxygen atoms in total. The van der Waals surface area contributed by atoms with Crippen LogP contribution in [-0.4, -0.2) is 23.3 Å². The van der Waals surface area contributed by atoms with E-state index in [1.54, 1.807) is 6.07 Å². The first-order chi connectivity index (χ1) is 12.5. The van der Waals surface area contributed by atoms with Gasteiger partial charge in [-0.3, -0.25) is 19.7 Å². The number of carbonyl (C=O) groups is 2. The van der Waals surface area contributed by atoms with E-state index in [0.29, 0.717) is 11.4 Å². The molecule has 7 heteroatoms. The second kappa shape index (κ2) is 7.35. The predicted octanol–water partition coefficient (Wildman–Crippen LogP) is 3.15. The number of nitrogens with zero attached hydrogens (tertiary/aromatic N) is 2. The zero-order valence-corrected chi connectivity index (χ0v) is 14.3. The average molecular weight is 353 g/mol. The molecule has 3 rings (SSSR count). The van der Waals surface area contributed by atoms with E-state index in [9.17, 15) is 19.7 Å². The summed E-state index contributed by atoms with van der Waals surface area (Å²) in [4.78, 5) is 36.6. The molecule has 134 valence electrons. The van der Waals surface area contributed by atoms with Gasteiger partial charge in [-0.1, -0.05) is 25.1 Å². The molecule has 1 heterocycles. The van der Waals surface area contributed by atoms with Crippen molar-refractivity contribution in [1.29, 1.82) is 0 Å². The Labute approximate surface area is 150 Å². The third kappa shape index (κ3) is 3.72. The summed E-state index contributed by atoms with van der Waals surface area (Å²) in [6, 6.07) is 13.5. The van der Waals surface area contributed by atoms with Gasteiger partial charge in [0.15, 0.2) is 0 Å². The van der Waals surface area contributed by atoms with Crippen LogP contribution in [-0.2, 0) is 16.0 Å². The first kappa shape index (κ1) is 17.6. The number of nitrogens with one attached hydrogen (secondary N) is 1. The molecule has 0 aromatic heterocycles. The first-order valence-electron chi connectivity index (χ1n) is 8.42. The second-order valence-corrected chi connectivity index (χ2v) is 6.22. The van der Waals surface area contributed by atoms with E-state index in [-0.39, 0.29) is 30.5 Å². The molecule has 1 N–H and O–H groups in total. The highest BCUT2D eigenvalue weighted by Gasteiger charge is 2.35. The Bertz CT molecular complexity index is 848. The van der Waals surface area contributed by atoms with Gasteiger partial charge in [0.05, 0.1) is 16.5 Å². The van der Waals surface area contributed by atoms with E-state index in [0.717, 1.165) is 6.42 Å². The van der Waals surface area contributed by atoms with Crippen LogP contribution in [0.5, 0.6) is 0 Å². The number of nitro groups is 1. The lowest BCUT2D eigenvalue weighted by Crippen LogP contribution is -2.28. The Hall–Kier alpha value is -3.22. The molecular formula is C19H19N3O4. The van der Waals surface area contributed by atoms with Gasteiger partial charge in [-0.15, -0.1) is 0 Å². The van der Waals surface area contributed by atoms with E-state index in [2.05, 4.69) is 12.2 Å². The van der Waals surface area contributed by atoms with Crippen molar-refractivity contribution in [3.8, 4) is 0 Å². The third-order valence-electron chi connectivity index (χ3n) is 4.48. The van der Waals surface area contributed by atoms with Crippen molar-refractivity contribution < 1.29 is 14.5 Å². The minimum absolute atomic E-state index is 0.0841. The Morgan fingerprint density at radius 3 is 2.65 bits per heavy atom. The highest BCUT2D eigenvalue weighted by Crippen LogP contribution is 2.28. The maximum absolute atomic E-state index is 12.5. The monoisotopic (exact) mass is 353 g/mol. The van der Waals surface area contributed by atoms with Crippen LogP contribution in [0.4, 0.5) is 17.1 Å². The smallest absolute Gasteiger partial charge is 0.271 e. The number of rotatable bonds is 5. The quantitative estimate of drug-likeness (QED) is 0.660. The number of benzene rings is 2. The third-order valence-corrected chi connectivity index (χ3v) is 4.48. The maximum Gasteiger partial charge on any atom is 0.271 e. The fourth-order valence-electron chi connectivity index (χ4n) is 2.98. The summed E-state index contributed by atoms with van der Waals surface area (Å²) >= 11 is 0. The molecule has 1 saturated heterocycles. The van der Waals surface area contributed by atoms with E-state index in [1.165, 1.54) is 28.7 Å². The second-order valence-electron chi connectivity index (χ2n) is 6.22. The summed E-state index contributed by atoms with van der Waals surface area (Å²) in [7, 11) is 0. The molecule has 2 aromatic carbocycles. The van der Waals surface area contributed by atoms with Gasteiger partial charge in [-0.2, -0.15) is 0 Å². The Balaban J connectivity index is 1.69. The highest BCUT2D eigenvalue weighted by molar-refractivity contribution is 6.03. The molecule has 1 aliphatic heterocycles. The highest BCUT2D eigenvalue weighted by atomic mass is 16.6. The lowest BCUT2D eigenvalue weighted by Gasteiger charge is -2.16. The van der Waals surface area contributed by atoms with Gasteiger partial charge >= 0.3 is 0 Å². The van der Waals surface area contributed by atoms with E-state index in [4.69, 9.17) is 0 Å². The Morgan fingerprint density at radius 2 is 2.00 bits per heavy atom. The number of carbonyl (C=O) groups excluding carboxylic acids is 2. The fraction of sp³-hybridized carbons (Fsp3) is 0.263. The van der Waals surface area contributed by atoms with Gasteiger partial charge in [0.2, 0.25) is 11.8 Å². The van der Waals surface area contributed by atoms with Crippen LogP contribution < -0.4 is 10.2 Å². The summed E-state index contributed by atoms with van der Waals surface area (Å²) in [5, 5.41) is 13.7. The van der Waals surface area contributed by atoms with Crippen molar-refractivity contribution in [2.24, 2.45) is 5.92 Å². The zero-order chi connectivity index (χ0) is 18.7. The molecule has 2 aromatic rings. The van der Waals surface area contributed by atoms with Crippen molar-refractivity contribution in [1.82, 2.24) is 0 Å². The summed E-state index contributed by atoms with van der Waals surface area (Å²) in [6.07, 6.45) is 1.01. The molecule has 26 heavy (non-hydrogen) atoms. The molecule has 0 bridgehead atoms. The topological polar surface area (TPSA) is 92.6 Å². The summed E-state index contributed by atoms with van der Waals surface area (Å²) in [5.74, 6) is -0.935. The van der Waals surface area contributed by atoms with Crippen LogP contribution in [0.3, 0.4) is 0 Å². The molecule has 0 radical (unpaired) electrons. The van der Waals surface area contributed by atoms with Crippen molar-refractivity contribution in [3.05, 3.63) is 64.2 Å². The molecule has 1 fully saturated rings. The first-order valence-corrected chi connectivity index (χ1v) is 8.42. The minimum atomic E-state index is -0.506.